The van der Waals surface area contributed by atoms with Crippen molar-refractivity contribution in [3.05, 3.63) is 106 Å². The van der Waals surface area contributed by atoms with Gasteiger partial charge in [0.25, 0.3) is 0 Å². The number of benzene rings is 3. The fraction of sp³-hybridized carbons (Fsp3) is 0.312. The van der Waals surface area contributed by atoms with Gasteiger partial charge in [-0.3, -0.25) is 9.59 Å². The molecule has 4 aliphatic rings. The van der Waals surface area contributed by atoms with E-state index in [4.69, 9.17) is 28.4 Å². The molecule has 2 spiro atoms. The normalized spacial score (nSPS) is 22.2. The van der Waals surface area contributed by atoms with E-state index in [0.717, 1.165) is 5.56 Å². The van der Waals surface area contributed by atoms with Crippen LogP contribution in [-0.2, 0) is 37.1 Å². The summed E-state index contributed by atoms with van der Waals surface area (Å²) >= 11 is 0. The molecule has 2 aliphatic carbocycles. The molecule has 3 aromatic carbocycles. The van der Waals surface area contributed by atoms with Crippen molar-refractivity contribution in [3.8, 4) is 11.5 Å². The molecular formula is C32H28O8. The minimum atomic E-state index is -1.43. The molecule has 1 unspecified atom stereocenters. The molecule has 204 valence electrons. The molecule has 0 bridgehead atoms. The third kappa shape index (κ3) is 3.68. The Morgan fingerprint density at radius 1 is 0.775 bits per heavy atom. The number of Topliss-reactive ketones (excluding diaryl/α,β-unsaturated/α-hetero) is 1. The molecule has 2 saturated heterocycles. The maximum atomic E-state index is 13.8. The number of hydrogen-bond acceptors (Lipinski definition) is 8. The van der Waals surface area contributed by atoms with Crippen LogP contribution < -0.4 is 9.47 Å². The van der Waals surface area contributed by atoms with E-state index in [9.17, 15) is 9.59 Å². The Labute approximate surface area is 231 Å². The molecule has 0 saturated carbocycles. The van der Waals surface area contributed by atoms with Crippen molar-refractivity contribution in [2.45, 2.75) is 24.6 Å². The Morgan fingerprint density at radius 3 is 2.17 bits per heavy atom. The number of methoxy groups -OCH3 is 1. The van der Waals surface area contributed by atoms with Crippen molar-refractivity contribution in [3.63, 3.8) is 0 Å². The van der Waals surface area contributed by atoms with Gasteiger partial charge in [-0.1, -0.05) is 54.6 Å². The zero-order valence-corrected chi connectivity index (χ0v) is 22.0. The first-order valence-electron chi connectivity index (χ1n) is 13.4. The van der Waals surface area contributed by atoms with E-state index in [-0.39, 0.29) is 18.0 Å². The molecule has 0 amide bonds. The number of allylic oxidation sites excluding steroid dienone is 1. The van der Waals surface area contributed by atoms with Gasteiger partial charge < -0.3 is 28.4 Å². The summed E-state index contributed by atoms with van der Waals surface area (Å²) in [5.74, 6) is -2.92. The summed E-state index contributed by atoms with van der Waals surface area (Å²) in [7, 11) is 1.54. The van der Waals surface area contributed by atoms with Gasteiger partial charge in [0.1, 0.15) is 18.1 Å². The van der Waals surface area contributed by atoms with Crippen molar-refractivity contribution in [2.75, 3.05) is 33.5 Å². The van der Waals surface area contributed by atoms with E-state index in [1.54, 1.807) is 37.4 Å². The average molecular weight is 541 g/mol. The fourth-order valence-electron chi connectivity index (χ4n) is 6.43. The summed E-state index contributed by atoms with van der Waals surface area (Å²) < 4.78 is 37.6. The lowest BCUT2D eigenvalue weighted by Crippen LogP contribution is -2.49. The molecule has 0 N–H and O–H groups in total. The van der Waals surface area contributed by atoms with Gasteiger partial charge in [-0.2, -0.15) is 0 Å². The molecule has 2 fully saturated rings. The first-order chi connectivity index (χ1) is 19.6. The summed E-state index contributed by atoms with van der Waals surface area (Å²) in [4.78, 5) is 27.3. The first-order valence-corrected chi connectivity index (χ1v) is 13.4. The van der Waals surface area contributed by atoms with Crippen LogP contribution in [0.5, 0.6) is 11.5 Å². The Hall–Kier alpha value is -3.82. The third-order valence-corrected chi connectivity index (χ3v) is 8.05. The highest BCUT2D eigenvalue weighted by molar-refractivity contribution is 6.09. The van der Waals surface area contributed by atoms with Crippen LogP contribution in [0.3, 0.4) is 0 Å². The number of carbonyl (C=O) groups is 2. The second kappa shape index (κ2) is 9.67. The minimum Gasteiger partial charge on any atom is -0.496 e. The van der Waals surface area contributed by atoms with Crippen molar-refractivity contribution in [2.24, 2.45) is 5.92 Å². The predicted octanol–water partition coefficient (Wildman–Crippen LogP) is 4.70. The molecule has 2 aliphatic heterocycles. The van der Waals surface area contributed by atoms with Crippen molar-refractivity contribution in [1.29, 1.82) is 0 Å². The van der Waals surface area contributed by atoms with Gasteiger partial charge in [-0.25, -0.2) is 0 Å². The number of ketones is 2. The average Bonchev–Trinajstić information content (AvgIpc) is 3.68. The zero-order valence-electron chi connectivity index (χ0n) is 22.0. The van der Waals surface area contributed by atoms with Crippen LogP contribution in [0.1, 0.15) is 43.8 Å². The minimum absolute atomic E-state index is 0.0349. The van der Waals surface area contributed by atoms with Crippen LogP contribution >= 0.6 is 0 Å². The second-order valence-electron chi connectivity index (χ2n) is 10.2. The number of fused-ring (bicyclic) bond motifs is 4. The van der Waals surface area contributed by atoms with Gasteiger partial charge in [-0.15, -0.1) is 0 Å². The smallest absolute Gasteiger partial charge is 0.223 e. The third-order valence-electron chi connectivity index (χ3n) is 8.05. The van der Waals surface area contributed by atoms with Crippen LogP contribution in [0.4, 0.5) is 0 Å². The Morgan fingerprint density at radius 2 is 1.45 bits per heavy atom. The van der Waals surface area contributed by atoms with Gasteiger partial charge in [0, 0.05) is 23.1 Å². The summed E-state index contributed by atoms with van der Waals surface area (Å²) in [6.07, 6.45) is 1.56. The SMILES string of the molecule is COc1cccc2c1C1(OCCO1)C(C1CC(=O)c3cccc(OCc4ccccc4)c3C13OCCO3)=CC2=O. The highest BCUT2D eigenvalue weighted by Gasteiger charge is 2.61. The lowest BCUT2D eigenvalue weighted by molar-refractivity contribution is -0.218. The number of ether oxygens (including phenoxy) is 6. The highest BCUT2D eigenvalue weighted by Crippen LogP contribution is 2.58. The standard InChI is InChI=1S/C32H28O8/c1-35-27-11-5-9-21-25(33)17-23(31(29(21)27)37-13-14-38-31)24-18-26(34)22-10-6-12-28(30(22)32(24)39-15-16-40-32)36-19-20-7-3-2-4-8-20/h2-12,17,24H,13-16,18-19H2,1H3. The predicted molar refractivity (Wildman–Crippen MR) is 142 cm³/mol. The molecule has 3 aromatic rings. The van der Waals surface area contributed by atoms with Gasteiger partial charge in [0.05, 0.1) is 50.6 Å². The van der Waals surface area contributed by atoms with Gasteiger partial charge in [0.2, 0.25) is 11.6 Å². The van der Waals surface area contributed by atoms with Crippen molar-refractivity contribution in [1.82, 2.24) is 0 Å². The van der Waals surface area contributed by atoms with E-state index in [0.29, 0.717) is 72.4 Å². The summed E-state index contributed by atoms with van der Waals surface area (Å²) in [5, 5.41) is 0. The first kappa shape index (κ1) is 25.2. The van der Waals surface area contributed by atoms with E-state index in [1.165, 1.54) is 6.08 Å². The monoisotopic (exact) mass is 540 g/mol. The Bertz CT molecular complexity index is 1510. The van der Waals surface area contributed by atoms with Crippen LogP contribution in [0.25, 0.3) is 0 Å². The Balaban J connectivity index is 1.39. The van der Waals surface area contributed by atoms with Crippen LogP contribution in [0.2, 0.25) is 0 Å². The second-order valence-corrected chi connectivity index (χ2v) is 10.2. The van der Waals surface area contributed by atoms with Gasteiger partial charge >= 0.3 is 0 Å². The van der Waals surface area contributed by atoms with Crippen LogP contribution in [0, 0.1) is 5.92 Å². The molecule has 0 aromatic heterocycles. The zero-order chi connectivity index (χ0) is 27.3. The number of rotatable bonds is 5. The van der Waals surface area contributed by atoms with Crippen LogP contribution in [0.15, 0.2) is 78.4 Å². The molecule has 2 heterocycles. The fourth-order valence-corrected chi connectivity index (χ4v) is 6.43. The lowest BCUT2D eigenvalue weighted by Gasteiger charge is -2.46. The molecule has 8 heteroatoms. The van der Waals surface area contributed by atoms with E-state index >= 15 is 0 Å². The molecule has 40 heavy (non-hydrogen) atoms. The molecule has 8 nitrogen and oxygen atoms in total. The quantitative estimate of drug-likeness (QED) is 0.460. The van der Waals surface area contributed by atoms with Crippen molar-refractivity contribution >= 4 is 11.6 Å². The largest absolute Gasteiger partial charge is 0.496 e. The maximum absolute atomic E-state index is 13.8. The molecule has 1 atom stereocenters. The van der Waals surface area contributed by atoms with E-state index < -0.39 is 17.5 Å². The molecular weight excluding hydrogens is 512 g/mol. The summed E-state index contributed by atoms with van der Waals surface area (Å²) in [5.41, 5.74) is 3.39. The molecule has 0 radical (unpaired) electrons. The number of carbonyl (C=O) groups excluding carboxylic acids is 2. The number of hydrogen-bond donors (Lipinski definition) is 0. The maximum Gasteiger partial charge on any atom is 0.223 e. The van der Waals surface area contributed by atoms with E-state index in [1.807, 2.05) is 36.4 Å². The van der Waals surface area contributed by atoms with Gasteiger partial charge in [-0.05, 0) is 23.8 Å². The lowest BCUT2D eigenvalue weighted by atomic mass is 9.68. The van der Waals surface area contributed by atoms with Crippen LogP contribution in [-0.4, -0.2) is 45.1 Å². The summed E-state index contributed by atoms with van der Waals surface area (Å²) in [6.45, 7) is 1.54. The topological polar surface area (TPSA) is 89.5 Å². The van der Waals surface area contributed by atoms with E-state index in [2.05, 4.69) is 0 Å². The Kier molecular flexibility index (Phi) is 6.09. The van der Waals surface area contributed by atoms with Gasteiger partial charge in [0.15, 0.2) is 11.6 Å². The highest BCUT2D eigenvalue weighted by atomic mass is 16.7. The van der Waals surface area contributed by atoms with Crippen molar-refractivity contribution < 1.29 is 38.0 Å². The summed E-state index contributed by atoms with van der Waals surface area (Å²) in [6, 6.07) is 20.5. The molecule has 7 rings (SSSR count).